The van der Waals surface area contributed by atoms with E-state index in [1.807, 2.05) is 7.05 Å². The molecule has 37 heavy (non-hydrogen) atoms. The van der Waals surface area contributed by atoms with Gasteiger partial charge >= 0.3 is 6.03 Å². The third kappa shape index (κ3) is 4.68. The summed E-state index contributed by atoms with van der Waals surface area (Å²) in [6, 6.07) is 10.8. The molecular formula is C27H28F3N5O2. The predicted molar refractivity (Wildman–Crippen MR) is 133 cm³/mol. The summed E-state index contributed by atoms with van der Waals surface area (Å²) in [7, 11) is 1.95. The number of hydrogen-bond donors (Lipinski definition) is 3. The molecule has 0 aliphatic carbocycles. The highest BCUT2D eigenvalue weighted by molar-refractivity contribution is 5.89. The van der Waals surface area contributed by atoms with Crippen molar-refractivity contribution in [3.05, 3.63) is 83.4 Å². The number of amides is 2. The van der Waals surface area contributed by atoms with Crippen LogP contribution in [0.4, 0.5) is 23.7 Å². The van der Waals surface area contributed by atoms with E-state index in [1.165, 1.54) is 0 Å². The average molecular weight is 512 g/mol. The number of anilines is 1. The van der Waals surface area contributed by atoms with Gasteiger partial charge in [-0.15, -0.1) is 0 Å². The van der Waals surface area contributed by atoms with E-state index >= 15 is 0 Å². The Morgan fingerprint density at radius 1 is 1.08 bits per heavy atom. The van der Waals surface area contributed by atoms with Gasteiger partial charge in [-0.2, -0.15) is 0 Å². The minimum atomic E-state index is -1.30. The van der Waals surface area contributed by atoms with E-state index < -0.39 is 29.1 Å². The molecule has 2 aliphatic rings. The maximum atomic E-state index is 14.8. The lowest BCUT2D eigenvalue weighted by atomic mass is 9.68. The number of carbonyl (C=O) groups is 1. The van der Waals surface area contributed by atoms with Crippen LogP contribution in [0.25, 0.3) is 11.1 Å². The van der Waals surface area contributed by atoms with Crippen molar-refractivity contribution in [2.75, 3.05) is 38.5 Å². The van der Waals surface area contributed by atoms with Crippen molar-refractivity contribution in [1.82, 2.24) is 14.8 Å². The Kier molecular flexibility index (Phi) is 6.65. The van der Waals surface area contributed by atoms with Crippen LogP contribution < -0.4 is 11.1 Å². The highest BCUT2D eigenvalue weighted by atomic mass is 19.1. The van der Waals surface area contributed by atoms with Crippen molar-refractivity contribution >= 4 is 11.7 Å². The number of aromatic nitrogens is 1. The Bertz CT molecular complexity index is 1280. The maximum Gasteiger partial charge on any atom is 0.321 e. The van der Waals surface area contributed by atoms with Gasteiger partial charge in [-0.25, -0.2) is 18.0 Å². The fraction of sp³-hybridized carbons (Fsp3) is 0.333. The maximum absolute atomic E-state index is 14.8. The van der Waals surface area contributed by atoms with E-state index in [0.29, 0.717) is 35.5 Å². The lowest BCUT2D eigenvalue weighted by molar-refractivity contribution is -0.155. The first kappa shape index (κ1) is 25.2. The van der Waals surface area contributed by atoms with E-state index in [-0.39, 0.29) is 37.2 Å². The van der Waals surface area contributed by atoms with Crippen LogP contribution in [0.15, 0.2) is 54.7 Å². The number of nitrogens with two attached hydrogens (primary N) is 1. The van der Waals surface area contributed by atoms with Gasteiger partial charge in [0.05, 0.1) is 5.69 Å². The second kappa shape index (κ2) is 9.77. The number of aliphatic hydroxyl groups is 1. The summed E-state index contributed by atoms with van der Waals surface area (Å²) in [5.74, 6) is -2.70. The van der Waals surface area contributed by atoms with Gasteiger partial charge in [-0.1, -0.05) is 24.3 Å². The summed E-state index contributed by atoms with van der Waals surface area (Å²) in [6.45, 7) is 1.55. The number of nitrogens with zero attached hydrogens (tertiary/aromatic N) is 3. The third-order valence-corrected chi connectivity index (χ3v) is 7.37. The molecule has 2 bridgehead atoms. The molecule has 5 rings (SSSR count). The highest BCUT2D eigenvalue weighted by Crippen LogP contribution is 2.44. The van der Waals surface area contributed by atoms with Gasteiger partial charge in [0.1, 0.15) is 23.1 Å². The Morgan fingerprint density at radius 3 is 2.35 bits per heavy atom. The number of urea groups is 1. The predicted octanol–water partition coefficient (Wildman–Crippen LogP) is 3.54. The van der Waals surface area contributed by atoms with E-state index in [4.69, 9.17) is 5.73 Å². The molecule has 7 nitrogen and oxygen atoms in total. The summed E-state index contributed by atoms with van der Waals surface area (Å²) in [6.07, 6.45) is 1.54. The van der Waals surface area contributed by atoms with Crippen molar-refractivity contribution in [3.63, 3.8) is 0 Å². The van der Waals surface area contributed by atoms with Gasteiger partial charge in [0.25, 0.3) is 0 Å². The summed E-state index contributed by atoms with van der Waals surface area (Å²) < 4.78 is 41.9. The summed E-state index contributed by atoms with van der Waals surface area (Å²) in [5.41, 5.74) is 6.17. The minimum absolute atomic E-state index is 0.0220. The zero-order valence-electron chi connectivity index (χ0n) is 20.3. The van der Waals surface area contributed by atoms with E-state index in [9.17, 15) is 23.1 Å². The number of nitrogens with one attached hydrogen (secondary N) is 1. The molecule has 2 aliphatic heterocycles. The average Bonchev–Trinajstić information content (AvgIpc) is 2.84. The van der Waals surface area contributed by atoms with Crippen LogP contribution in [-0.2, 0) is 12.1 Å². The highest BCUT2D eigenvalue weighted by Gasteiger charge is 2.54. The van der Waals surface area contributed by atoms with Gasteiger partial charge in [0, 0.05) is 79.2 Å². The Labute approximate surface area is 212 Å². The number of halogens is 3. The van der Waals surface area contributed by atoms with Crippen LogP contribution in [-0.4, -0.2) is 59.1 Å². The van der Waals surface area contributed by atoms with Crippen LogP contribution >= 0.6 is 0 Å². The first-order valence-corrected chi connectivity index (χ1v) is 12.1. The number of carbonyl (C=O) groups excluding carboxylic acids is 1. The Morgan fingerprint density at radius 2 is 1.76 bits per heavy atom. The van der Waals surface area contributed by atoms with Crippen molar-refractivity contribution in [1.29, 1.82) is 0 Å². The van der Waals surface area contributed by atoms with Crippen LogP contribution in [0.2, 0.25) is 0 Å². The van der Waals surface area contributed by atoms with Gasteiger partial charge in [0.15, 0.2) is 0 Å². The molecule has 0 saturated carbocycles. The molecule has 10 heteroatoms. The lowest BCUT2D eigenvalue weighted by Crippen LogP contribution is -2.66. The molecule has 1 aromatic heterocycles. The van der Waals surface area contributed by atoms with E-state index in [2.05, 4.69) is 15.2 Å². The number of pyridine rings is 1. The third-order valence-electron chi connectivity index (χ3n) is 7.37. The topological polar surface area (TPSA) is 94.7 Å². The lowest BCUT2D eigenvalue weighted by Gasteiger charge is -2.54. The molecule has 3 heterocycles. The molecule has 4 N–H and O–H groups in total. The van der Waals surface area contributed by atoms with Crippen molar-refractivity contribution in [2.45, 2.75) is 12.1 Å². The first-order chi connectivity index (χ1) is 17.7. The quantitative estimate of drug-likeness (QED) is 0.498. The number of hydrogen-bond acceptors (Lipinski definition) is 5. The Hall–Kier alpha value is -3.47. The molecule has 0 spiro atoms. The van der Waals surface area contributed by atoms with Gasteiger partial charge in [-0.3, -0.25) is 4.98 Å². The minimum Gasteiger partial charge on any atom is -0.383 e. The van der Waals surface area contributed by atoms with E-state index in [1.54, 1.807) is 41.4 Å². The molecule has 194 valence electrons. The van der Waals surface area contributed by atoms with E-state index in [0.717, 1.165) is 18.2 Å². The number of benzene rings is 2. The zero-order chi connectivity index (χ0) is 26.3. The number of piperidine rings is 2. The number of fused-ring (bicyclic) bond motifs is 2. The summed E-state index contributed by atoms with van der Waals surface area (Å²) in [4.78, 5) is 21.2. The molecule has 2 amide bonds. The summed E-state index contributed by atoms with van der Waals surface area (Å²) in [5, 5.41) is 14.5. The molecule has 2 fully saturated rings. The van der Waals surface area contributed by atoms with Gasteiger partial charge in [-0.05, 0) is 25.2 Å². The van der Waals surface area contributed by atoms with Crippen LogP contribution in [0, 0.1) is 29.3 Å². The van der Waals surface area contributed by atoms with Crippen molar-refractivity contribution in [3.8, 4) is 11.1 Å². The fourth-order valence-electron chi connectivity index (χ4n) is 5.60. The molecule has 3 aromatic rings. The second-order valence-corrected chi connectivity index (χ2v) is 9.85. The molecule has 2 aromatic carbocycles. The normalized spacial score (nSPS) is 23.7. The molecule has 2 saturated heterocycles. The van der Waals surface area contributed by atoms with Gasteiger partial charge in [0.2, 0.25) is 0 Å². The SMILES string of the molecule is CN1C[C@@H]2CN(C(=O)Nc3cc(F)cc(F)c3)C[C@H](C1)C2(O)c1ccc(-c2cccc(CN)c2F)cn1. The standard InChI is InChI=1S/C27H28F3N5O2/c1-34-12-18-14-35(26(36)33-22-8-20(28)7-21(29)9-22)15-19(13-34)27(18,37)24-6-5-17(11-32-24)23-4-2-3-16(10-31)25(23)30/h2-9,11,18-19,37H,10,12-15,31H2,1H3,(H,33,36)/t18-,19+,27?. The molecule has 0 radical (unpaired) electrons. The molecule has 1 unspecified atom stereocenters. The fourth-order valence-corrected chi connectivity index (χ4v) is 5.60. The largest absolute Gasteiger partial charge is 0.383 e. The monoisotopic (exact) mass is 511 g/mol. The van der Waals surface area contributed by atoms with Crippen molar-refractivity contribution < 1.29 is 23.1 Å². The van der Waals surface area contributed by atoms with Crippen molar-refractivity contribution in [2.24, 2.45) is 17.6 Å². The number of rotatable bonds is 4. The van der Waals surface area contributed by atoms with Crippen LogP contribution in [0.1, 0.15) is 11.3 Å². The second-order valence-electron chi connectivity index (χ2n) is 9.85. The molecular weight excluding hydrogens is 483 g/mol. The first-order valence-electron chi connectivity index (χ1n) is 12.1. The smallest absolute Gasteiger partial charge is 0.321 e. The van der Waals surface area contributed by atoms with Crippen LogP contribution in [0.3, 0.4) is 0 Å². The number of likely N-dealkylation sites (tertiary alicyclic amines) is 2. The van der Waals surface area contributed by atoms with Gasteiger partial charge < -0.3 is 26.0 Å². The van der Waals surface area contributed by atoms with Crippen LogP contribution in [0.5, 0.6) is 0 Å². The zero-order valence-corrected chi connectivity index (χ0v) is 20.3. The Balaban J connectivity index is 1.39. The summed E-state index contributed by atoms with van der Waals surface area (Å²) >= 11 is 0. The molecule has 3 atom stereocenters.